The van der Waals surface area contributed by atoms with Gasteiger partial charge in [-0.25, -0.2) is 0 Å². The number of fused-ring (bicyclic) bond motifs is 1. The Morgan fingerprint density at radius 3 is 2.57 bits per heavy atom. The third-order valence-electron chi connectivity index (χ3n) is 5.10. The molecule has 1 aliphatic heterocycles. The maximum absolute atomic E-state index is 3.78. The van der Waals surface area contributed by atoms with Gasteiger partial charge in [0.25, 0.3) is 0 Å². The monoisotopic (exact) mass is 285 g/mol. The van der Waals surface area contributed by atoms with Crippen LogP contribution in [0.3, 0.4) is 0 Å². The maximum Gasteiger partial charge on any atom is 0.0483 e. The van der Waals surface area contributed by atoms with E-state index in [2.05, 4.69) is 59.9 Å². The number of para-hydroxylation sites is 1. The van der Waals surface area contributed by atoms with Crippen molar-refractivity contribution in [3.05, 3.63) is 35.5 Å². The molecule has 0 aliphatic carbocycles. The van der Waals surface area contributed by atoms with Gasteiger partial charge < -0.3 is 14.8 Å². The van der Waals surface area contributed by atoms with Gasteiger partial charge in [0.15, 0.2) is 0 Å². The Bertz CT molecular complexity index is 567. The van der Waals surface area contributed by atoms with Crippen LogP contribution in [0.1, 0.15) is 31.0 Å². The van der Waals surface area contributed by atoms with Crippen molar-refractivity contribution in [2.75, 3.05) is 19.6 Å². The largest absolute Gasteiger partial charge is 0.346 e. The number of aromatic nitrogens is 1. The van der Waals surface area contributed by atoms with Crippen LogP contribution in [0.4, 0.5) is 0 Å². The first-order valence-electron chi connectivity index (χ1n) is 8.19. The summed E-state index contributed by atoms with van der Waals surface area (Å²) in [6, 6.07) is 9.37. The molecule has 3 nitrogen and oxygen atoms in total. The van der Waals surface area contributed by atoms with Crippen LogP contribution in [0.2, 0.25) is 0 Å². The van der Waals surface area contributed by atoms with Gasteiger partial charge in [0, 0.05) is 36.2 Å². The summed E-state index contributed by atoms with van der Waals surface area (Å²) in [5.74, 6) is 0. The van der Waals surface area contributed by atoms with E-state index in [0.717, 1.165) is 6.54 Å². The van der Waals surface area contributed by atoms with Gasteiger partial charge in [-0.3, -0.25) is 0 Å². The molecule has 1 aliphatic rings. The Morgan fingerprint density at radius 1 is 1.19 bits per heavy atom. The fraction of sp³-hybridized carbons (Fsp3) is 0.556. The summed E-state index contributed by atoms with van der Waals surface area (Å²) in [7, 11) is 2.19. The van der Waals surface area contributed by atoms with E-state index >= 15 is 0 Å². The lowest BCUT2D eigenvalue weighted by atomic mass is 10.0. The molecule has 0 bridgehead atoms. The minimum Gasteiger partial charge on any atom is -0.346 e. The summed E-state index contributed by atoms with van der Waals surface area (Å²) in [5.41, 5.74) is 4.19. The molecule has 0 saturated carbocycles. The molecule has 1 N–H and O–H groups in total. The fourth-order valence-corrected chi connectivity index (χ4v) is 3.58. The van der Waals surface area contributed by atoms with Crippen molar-refractivity contribution in [1.29, 1.82) is 0 Å². The van der Waals surface area contributed by atoms with Crippen LogP contribution in [0.15, 0.2) is 24.3 Å². The van der Waals surface area contributed by atoms with Gasteiger partial charge >= 0.3 is 0 Å². The normalized spacial score (nSPS) is 17.7. The molecule has 0 amide bonds. The smallest absolute Gasteiger partial charge is 0.0483 e. The first kappa shape index (κ1) is 14.6. The maximum atomic E-state index is 3.78. The zero-order valence-electron chi connectivity index (χ0n) is 13.5. The van der Waals surface area contributed by atoms with Crippen LogP contribution in [-0.4, -0.2) is 35.1 Å². The molecular formula is C18H27N3. The van der Waals surface area contributed by atoms with Crippen molar-refractivity contribution in [3.8, 4) is 0 Å². The number of hydrogen-bond donors (Lipinski definition) is 1. The van der Waals surface area contributed by atoms with Crippen molar-refractivity contribution in [1.82, 2.24) is 14.8 Å². The molecule has 0 atom stereocenters. The van der Waals surface area contributed by atoms with E-state index in [9.17, 15) is 0 Å². The van der Waals surface area contributed by atoms with E-state index in [-0.39, 0.29) is 0 Å². The van der Waals surface area contributed by atoms with E-state index < -0.39 is 0 Å². The van der Waals surface area contributed by atoms with Gasteiger partial charge in [0.2, 0.25) is 0 Å². The second kappa shape index (κ2) is 6.20. The predicted molar refractivity (Wildman–Crippen MR) is 89.6 cm³/mol. The summed E-state index contributed by atoms with van der Waals surface area (Å²) in [6.07, 6.45) is 2.55. The number of benzene rings is 1. The number of hydrogen-bond acceptors (Lipinski definition) is 2. The van der Waals surface area contributed by atoms with Gasteiger partial charge in [-0.15, -0.1) is 0 Å². The van der Waals surface area contributed by atoms with Gasteiger partial charge in [-0.05, 0) is 51.0 Å². The number of nitrogens with one attached hydrogen (secondary N) is 1. The molecule has 2 heterocycles. The van der Waals surface area contributed by atoms with Crippen LogP contribution in [0, 0.1) is 6.92 Å². The zero-order valence-corrected chi connectivity index (χ0v) is 13.5. The molecule has 1 aromatic carbocycles. The Morgan fingerprint density at radius 2 is 1.90 bits per heavy atom. The van der Waals surface area contributed by atoms with Crippen LogP contribution >= 0.6 is 0 Å². The first-order chi connectivity index (χ1) is 10.2. The van der Waals surface area contributed by atoms with Gasteiger partial charge in [0.1, 0.15) is 0 Å². The van der Waals surface area contributed by atoms with Crippen molar-refractivity contribution < 1.29 is 0 Å². The molecule has 2 aromatic rings. The highest BCUT2D eigenvalue weighted by Gasteiger charge is 2.18. The molecule has 1 fully saturated rings. The Balaban J connectivity index is 1.69. The Hall–Kier alpha value is -1.32. The van der Waals surface area contributed by atoms with Crippen LogP contribution in [0.5, 0.6) is 0 Å². The van der Waals surface area contributed by atoms with Crippen molar-refractivity contribution in [2.24, 2.45) is 7.05 Å². The van der Waals surface area contributed by atoms with E-state index in [4.69, 9.17) is 0 Å². The second-order valence-electron chi connectivity index (χ2n) is 6.24. The zero-order chi connectivity index (χ0) is 14.8. The fourth-order valence-electron chi connectivity index (χ4n) is 3.58. The van der Waals surface area contributed by atoms with Crippen molar-refractivity contribution >= 4 is 10.9 Å². The van der Waals surface area contributed by atoms with Crippen LogP contribution in [0.25, 0.3) is 10.9 Å². The molecule has 0 spiro atoms. The molecule has 1 aromatic heterocycles. The number of piperidine rings is 1. The van der Waals surface area contributed by atoms with Gasteiger partial charge in [0.05, 0.1) is 0 Å². The van der Waals surface area contributed by atoms with Crippen LogP contribution < -0.4 is 5.32 Å². The lowest BCUT2D eigenvalue weighted by molar-refractivity contribution is 0.205. The minimum absolute atomic E-state index is 0.671. The lowest BCUT2D eigenvalue weighted by Crippen LogP contribution is -2.42. The quantitative estimate of drug-likeness (QED) is 0.931. The number of aryl methyl sites for hydroxylation is 2. The second-order valence-corrected chi connectivity index (χ2v) is 6.24. The molecule has 114 valence electrons. The Labute approximate surface area is 127 Å². The number of nitrogens with zero attached hydrogens (tertiary/aromatic N) is 2. The highest BCUT2D eigenvalue weighted by atomic mass is 15.1. The number of likely N-dealkylation sites (tertiary alicyclic amines) is 1. The number of rotatable bonds is 4. The summed E-state index contributed by atoms with van der Waals surface area (Å²) < 4.78 is 2.35. The molecule has 3 rings (SSSR count). The van der Waals surface area contributed by atoms with E-state index in [1.165, 1.54) is 54.6 Å². The van der Waals surface area contributed by atoms with Crippen molar-refractivity contribution in [3.63, 3.8) is 0 Å². The van der Waals surface area contributed by atoms with E-state index in [0.29, 0.717) is 6.04 Å². The average molecular weight is 285 g/mol. The summed E-state index contributed by atoms with van der Waals surface area (Å²) >= 11 is 0. The highest BCUT2D eigenvalue weighted by Crippen LogP contribution is 2.24. The minimum atomic E-state index is 0.671. The average Bonchev–Trinajstić information content (AvgIpc) is 2.78. The van der Waals surface area contributed by atoms with Gasteiger partial charge in [-0.2, -0.15) is 0 Å². The summed E-state index contributed by atoms with van der Waals surface area (Å²) in [4.78, 5) is 2.54. The SMILES string of the molecule is CCN1CCC(NCc2c(C)c3ccccc3n2C)CC1. The topological polar surface area (TPSA) is 20.2 Å². The predicted octanol–water partition coefficient (Wildman–Crippen LogP) is 3.06. The Kier molecular flexibility index (Phi) is 4.32. The molecular weight excluding hydrogens is 258 g/mol. The van der Waals surface area contributed by atoms with E-state index in [1.807, 2.05) is 0 Å². The van der Waals surface area contributed by atoms with E-state index in [1.54, 1.807) is 0 Å². The van der Waals surface area contributed by atoms with Crippen LogP contribution in [-0.2, 0) is 13.6 Å². The highest BCUT2D eigenvalue weighted by molar-refractivity contribution is 5.85. The summed E-state index contributed by atoms with van der Waals surface area (Å²) in [6.45, 7) is 9.15. The molecule has 0 unspecified atom stereocenters. The van der Waals surface area contributed by atoms with Gasteiger partial charge in [-0.1, -0.05) is 25.1 Å². The summed E-state index contributed by atoms with van der Waals surface area (Å²) in [5, 5.41) is 5.16. The van der Waals surface area contributed by atoms with Crippen molar-refractivity contribution in [2.45, 2.75) is 39.3 Å². The third kappa shape index (κ3) is 2.85. The molecule has 21 heavy (non-hydrogen) atoms. The molecule has 0 radical (unpaired) electrons. The standard InChI is InChI=1S/C18H27N3/c1-4-21-11-9-15(10-12-21)19-13-18-14(2)16-7-5-6-8-17(16)20(18)3/h5-8,15,19H,4,9-13H2,1-3H3. The molecule has 1 saturated heterocycles. The lowest BCUT2D eigenvalue weighted by Gasteiger charge is -2.31. The molecule has 3 heteroatoms. The third-order valence-corrected chi connectivity index (χ3v) is 5.10. The first-order valence-corrected chi connectivity index (χ1v) is 8.19.